The van der Waals surface area contributed by atoms with Gasteiger partial charge in [0, 0.05) is 26.2 Å². The van der Waals surface area contributed by atoms with Crippen molar-refractivity contribution in [2.45, 2.75) is 43.9 Å². The van der Waals surface area contributed by atoms with Gasteiger partial charge in [-0.25, -0.2) is 10.3 Å². The minimum atomic E-state index is -0.879. The highest BCUT2D eigenvalue weighted by Crippen LogP contribution is 2.30. The van der Waals surface area contributed by atoms with E-state index in [1.54, 1.807) is 22.3 Å². The lowest BCUT2D eigenvalue weighted by atomic mass is 9.86. The minimum absolute atomic E-state index is 0.120. The van der Waals surface area contributed by atoms with Gasteiger partial charge in [0.2, 0.25) is 11.8 Å². The van der Waals surface area contributed by atoms with Gasteiger partial charge in [0.15, 0.2) is 0 Å². The van der Waals surface area contributed by atoms with Gasteiger partial charge in [0.1, 0.15) is 12.1 Å². The third-order valence-electron chi connectivity index (χ3n) is 7.32. The van der Waals surface area contributed by atoms with Crippen LogP contribution in [0.2, 0.25) is 0 Å². The van der Waals surface area contributed by atoms with Crippen LogP contribution < -0.4 is 5.48 Å². The van der Waals surface area contributed by atoms with E-state index >= 15 is 0 Å². The number of benzene rings is 1. The SMILES string of the molecule is CN1C[C@@H](OC(=O)N2CCC[C@H]2CO)C[C@H](C(=O)NO)[C@H]1C(=O)N1CC=C(c2ccccc2)CC1. The number of amides is 3. The summed E-state index contributed by atoms with van der Waals surface area (Å²) >= 11 is 0. The smallest absolute Gasteiger partial charge is 0.410 e. The van der Waals surface area contributed by atoms with Crippen LogP contribution in [0.25, 0.3) is 5.57 Å². The average molecular weight is 487 g/mol. The molecule has 190 valence electrons. The number of piperidine rings is 1. The largest absolute Gasteiger partial charge is 0.445 e. The van der Waals surface area contributed by atoms with Crippen molar-refractivity contribution in [2.75, 3.05) is 39.8 Å². The Morgan fingerprint density at radius 1 is 1.17 bits per heavy atom. The van der Waals surface area contributed by atoms with Gasteiger partial charge in [-0.15, -0.1) is 0 Å². The molecule has 3 aliphatic rings. The molecular formula is C25H34N4O6. The molecule has 0 saturated carbocycles. The fourth-order valence-corrected chi connectivity index (χ4v) is 5.45. The number of carbonyl (C=O) groups is 3. The molecule has 1 aromatic carbocycles. The Balaban J connectivity index is 1.43. The number of nitrogens with zero attached hydrogens (tertiary/aromatic N) is 3. The van der Waals surface area contributed by atoms with E-state index in [9.17, 15) is 24.7 Å². The summed E-state index contributed by atoms with van der Waals surface area (Å²) in [5.74, 6) is -1.74. The lowest BCUT2D eigenvalue weighted by Crippen LogP contribution is -2.61. The number of nitrogens with one attached hydrogen (secondary N) is 1. The predicted octanol–water partition coefficient (Wildman–Crippen LogP) is 1.09. The van der Waals surface area contributed by atoms with Crippen molar-refractivity contribution in [3.05, 3.63) is 42.0 Å². The molecule has 0 aliphatic carbocycles. The first kappa shape index (κ1) is 25.2. The maximum Gasteiger partial charge on any atom is 0.410 e. The first-order valence-electron chi connectivity index (χ1n) is 12.2. The van der Waals surface area contributed by atoms with Crippen LogP contribution >= 0.6 is 0 Å². The van der Waals surface area contributed by atoms with Gasteiger partial charge in [0.25, 0.3) is 0 Å². The Morgan fingerprint density at radius 2 is 1.94 bits per heavy atom. The molecule has 3 amide bonds. The van der Waals surface area contributed by atoms with Crippen molar-refractivity contribution in [1.82, 2.24) is 20.2 Å². The fourth-order valence-electron chi connectivity index (χ4n) is 5.45. The zero-order chi connectivity index (χ0) is 24.9. The highest BCUT2D eigenvalue weighted by atomic mass is 16.6. The summed E-state index contributed by atoms with van der Waals surface area (Å²) in [6, 6.07) is 9.00. The number of carbonyl (C=O) groups excluding carboxylic acids is 3. The molecule has 0 bridgehead atoms. The first-order chi connectivity index (χ1) is 16.9. The second-order valence-electron chi connectivity index (χ2n) is 9.51. The Bertz CT molecular complexity index is 955. The maximum atomic E-state index is 13.5. The van der Waals surface area contributed by atoms with E-state index in [-0.39, 0.29) is 31.5 Å². The summed E-state index contributed by atoms with van der Waals surface area (Å²) in [5, 5.41) is 18.9. The van der Waals surface area contributed by atoms with Crippen LogP contribution in [0, 0.1) is 5.92 Å². The zero-order valence-corrected chi connectivity index (χ0v) is 20.0. The van der Waals surface area contributed by atoms with Crippen molar-refractivity contribution in [3.63, 3.8) is 0 Å². The van der Waals surface area contributed by atoms with E-state index in [0.29, 0.717) is 26.1 Å². The second kappa shape index (κ2) is 11.2. The van der Waals surface area contributed by atoms with Crippen LogP contribution in [0.3, 0.4) is 0 Å². The van der Waals surface area contributed by atoms with E-state index in [1.165, 1.54) is 10.5 Å². The monoisotopic (exact) mass is 486 g/mol. The Labute approximate surface area is 205 Å². The average Bonchev–Trinajstić information content (AvgIpc) is 3.37. The number of hydrogen-bond acceptors (Lipinski definition) is 7. The van der Waals surface area contributed by atoms with Crippen LogP contribution in [-0.4, -0.2) is 101 Å². The van der Waals surface area contributed by atoms with Gasteiger partial charge in [-0.05, 0) is 43.9 Å². The second-order valence-corrected chi connectivity index (χ2v) is 9.51. The van der Waals surface area contributed by atoms with Crippen molar-refractivity contribution in [3.8, 4) is 0 Å². The zero-order valence-electron chi connectivity index (χ0n) is 20.0. The quantitative estimate of drug-likeness (QED) is 0.421. The number of rotatable bonds is 5. The third-order valence-corrected chi connectivity index (χ3v) is 7.32. The Kier molecular flexibility index (Phi) is 8.04. The summed E-state index contributed by atoms with van der Waals surface area (Å²) in [7, 11) is 1.72. The van der Waals surface area contributed by atoms with E-state index in [2.05, 4.69) is 0 Å². The summed E-state index contributed by atoms with van der Waals surface area (Å²) in [4.78, 5) is 43.8. The summed E-state index contributed by atoms with van der Waals surface area (Å²) in [6.45, 7) is 1.65. The number of likely N-dealkylation sites (tertiary alicyclic amines) is 2. The highest BCUT2D eigenvalue weighted by Gasteiger charge is 2.46. The molecule has 3 N–H and O–H groups in total. The molecule has 4 rings (SSSR count). The molecule has 35 heavy (non-hydrogen) atoms. The summed E-state index contributed by atoms with van der Waals surface area (Å²) in [5.41, 5.74) is 4.01. The van der Waals surface area contributed by atoms with Gasteiger partial charge in [0.05, 0.1) is 18.6 Å². The number of aliphatic hydroxyl groups is 1. The number of likely N-dealkylation sites (N-methyl/N-ethyl adjacent to an activating group) is 1. The Hall–Kier alpha value is -2.95. The molecule has 3 aliphatic heterocycles. The number of hydroxylamine groups is 1. The van der Waals surface area contributed by atoms with Gasteiger partial charge in [-0.2, -0.15) is 0 Å². The van der Waals surface area contributed by atoms with E-state index in [4.69, 9.17) is 4.74 Å². The number of hydrogen-bond donors (Lipinski definition) is 3. The summed E-state index contributed by atoms with van der Waals surface area (Å²) in [6.07, 6.45) is 3.25. The van der Waals surface area contributed by atoms with Gasteiger partial charge >= 0.3 is 6.09 Å². The predicted molar refractivity (Wildman–Crippen MR) is 127 cm³/mol. The van der Waals surface area contributed by atoms with Crippen LogP contribution in [-0.2, 0) is 14.3 Å². The van der Waals surface area contributed by atoms with Crippen LogP contribution in [0.1, 0.15) is 31.2 Å². The van der Waals surface area contributed by atoms with Gasteiger partial charge < -0.3 is 19.6 Å². The topological polar surface area (TPSA) is 123 Å². The molecule has 0 spiro atoms. The molecule has 2 saturated heterocycles. The molecule has 1 aromatic rings. The molecule has 4 atom stereocenters. The van der Waals surface area contributed by atoms with Crippen LogP contribution in [0.15, 0.2) is 36.4 Å². The molecular weight excluding hydrogens is 452 g/mol. The molecule has 2 fully saturated rings. The first-order valence-corrected chi connectivity index (χ1v) is 12.2. The maximum absolute atomic E-state index is 13.5. The van der Waals surface area contributed by atoms with Gasteiger partial charge in [-0.3, -0.25) is 19.7 Å². The molecule has 0 unspecified atom stereocenters. The van der Waals surface area contributed by atoms with Crippen molar-refractivity contribution >= 4 is 23.5 Å². The normalized spacial score (nSPS) is 27.3. The standard InChI is InChI=1S/C25H34N4O6/c1-27-15-20(35-25(33)29-11-5-8-19(29)16-30)14-21(23(31)26-34)22(27)24(32)28-12-9-18(10-13-28)17-6-3-2-4-7-17/h2-4,6-7,9,19-22,30,34H,5,8,10-16H2,1H3,(H,26,31)/t19-,20-,21-,22-/m0/s1. The number of aliphatic hydroxyl groups excluding tert-OH is 1. The molecule has 0 radical (unpaired) electrons. The molecule has 3 heterocycles. The minimum Gasteiger partial charge on any atom is -0.445 e. The van der Waals surface area contributed by atoms with Crippen LogP contribution in [0.4, 0.5) is 4.79 Å². The van der Waals surface area contributed by atoms with Crippen molar-refractivity contribution in [2.24, 2.45) is 5.92 Å². The fraction of sp³-hybridized carbons (Fsp3) is 0.560. The molecule has 0 aromatic heterocycles. The van der Waals surface area contributed by atoms with Crippen molar-refractivity contribution < 1.29 is 29.4 Å². The van der Waals surface area contributed by atoms with Crippen molar-refractivity contribution in [1.29, 1.82) is 0 Å². The molecule has 10 heteroatoms. The van der Waals surface area contributed by atoms with E-state index < -0.39 is 30.1 Å². The Morgan fingerprint density at radius 3 is 2.60 bits per heavy atom. The van der Waals surface area contributed by atoms with E-state index in [1.807, 2.05) is 36.4 Å². The van der Waals surface area contributed by atoms with Crippen LogP contribution in [0.5, 0.6) is 0 Å². The lowest BCUT2D eigenvalue weighted by Gasteiger charge is -2.43. The lowest BCUT2D eigenvalue weighted by molar-refractivity contribution is -0.151. The highest BCUT2D eigenvalue weighted by molar-refractivity contribution is 5.90. The molecule has 10 nitrogen and oxygen atoms in total. The summed E-state index contributed by atoms with van der Waals surface area (Å²) < 4.78 is 5.68. The van der Waals surface area contributed by atoms with E-state index in [0.717, 1.165) is 18.4 Å². The number of ether oxygens (including phenoxy) is 1. The third kappa shape index (κ3) is 5.50. The van der Waals surface area contributed by atoms with Gasteiger partial charge in [-0.1, -0.05) is 36.4 Å².